The fourth-order valence-corrected chi connectivity index (χ4v) is 2.59. The molecule has 0 heterocycles. The Morgan fingerprint density at radius 1 is 1.19 bits per heavy atom. The van der Waals surface area contributed by atoms with E-state index >= 15 is 0 Å². The van der Waals surface area contributed by atoms with Gasteiger partial charge in [0.15, 0.2) is 5.96 Å². The number of carbonyl (C=O) groups is 1. The van der Waals surface area contributed by atoms with Crippen LogP contribution in [0.1, 0.15) is 56.5 Å². The van der Waals surface area contributed by atoms with E-state index in [1.165, 1.54) is 6.42 Å². The highest BCUT2D eigenvalue weighted by Gasteiger charge is 2.09. The predicted octanol–water partition coefficient (Wildman–Crippen LogP) is 3.31. The third kappa shape index (κ3) is 8.88. The van der Waals surface area contributed by atoms with Gasteiger partial charge in [-0.05, 0) is 49.3 Å². The number of carbonyl (C=O) groups excluding carboxylic acids is 1. The first-order valence-corrected chi connectivity index (χ1v) is 9.55. The van der Waals surface area contributed by atoms with Gasteiger partial charge in [0.05, 0.1) is 0 Å². The largest absolute Gasteiger partial charge is 0.357 e. The highest BCUT2D eigenvalue weighted by Crippen LogP contribution is 2.20. The molecule has 1 amide bonds. The Labute approximate surface area is 159 Å². The molecule has 0 radical (unpaired) electrons. The second kappa shape index (κ2) is 10.8. The highest BCUT2D eigenvalue weighted by molar-refractivity contribution is 5.94. The van der Waals surface area contributed by atoms with E-state index < -0.39 is 0 Å². The molecular formula is C21H36N4O. The lowest BCUT2D eigenvalue weighted by atomic mass is 9.91. The number of nitrogens with one attached hydrogen (secondary N) is 2. The van der Waals surface area contributed by atoms with Gasteiger partial charge in [-0.3, -0.25) is 9.79 Å². The molecule has 0 unspecified atom stereocenters. The Bertz CT molecular complexity index is 588. The summed E-state index contributed by atoms with van der Waals surface area (Å²) in [4.78, 5) is 18.3. The van der Waals surface area contributed by atoms with Gasteiger partial charge in [0.2, 0.25) is 0 Å². The zero-order valence-electron chi connectivity index (χ0n) is 17.4. The molecule has 0 saturated carbocycles. The van der Waals surface area contributed by atoms with Gasteiger partial charge in [0.1, 0.15) is 0 Å². The summed E-state index contributed by atoms with van der Waals surface area (Å²) in [7, 11) is 3.55. The molecule has 1 aromatic carbocycles. The molecule has 1 rings (SSSR count). The summed E-state index contributed by atoms with van der Waals surface area (Å²) in [6, 6.07) is 7.83. The van der Waals surface area contributed by atoms with Crippen LogP contribution < -0.4 is 10.6 Å². The van der Waals surface area contributed by atoms with Gasteiger partial charge in [-0.15, -0.1) is 0 Å². The summed E-state index contributed by atoms with van der Waals surface area (Å²) >= 11 is 0. The minimum atomic E-state index is 0.0357. The van der Waals surface area contributed by atoms with E-state index in [1.807, 2.05) is 18.2 Å². The van der Waals surface area contributed by atoms with Crippen LogP contribution in [0.15, 0.2) is 29.3 Å². The molecule has 0 aliphatic rings. The van der Waals surface area contributed by atoms with Gasteiger partial charge < -0.3 is 15.5 Å². The van der Waals surface area contributed by atoms with Crippen LogP contribution >= 0.6 is 0 Å². The summed E-state index contributed by atoms with van der Waals surface area (Å²) in [5, 5.41) is 6.67. The first-order chi connectivity index (χ1) is 12.2. The second-order valence-corrected chi connectivity index (χ2v) is 8.00. The Morgan fingerprint density at radius 2 is 1.92 bits per heavy atom. The quantitative estimate of drug-likeness (QED) is 0.425. The first-order valence-electron chi connectivity index (χ1n) is 9.55. The van der Waals surface area contributed by atoms with Gasteiger partial charge in [0.25, 0.3) is 5.91 Å². The van der Waals surface area contributed by atoms with Crippen LogP contribution in [0.4, 0.5) is 0 Å². The number of rotatable bonds is 8. The van der Waals surface area contributed by atoms with Gasteiger partial charge in [-0.25, -0.2) is 0 Å². The van der Waals surface area contributed by atoms with Gasteiger partial charge in [-0.2, -0.15) is 0 Å². The normalized spacial score (nSPS) is 12.0. The van der Waals surface area contributed by atoms with Crippen LogP contribution in [0.5, 0.6) is 0 Å². The minimum absolute atomic E-state index is 0.0357. The summed E-state index contributed by atoms with van der Waals surface area (Å²) in [6.07, 6.45) is 3.11. The molecule has 0 atom stereocenters. The van der Waals surface area contributed by atoms with Crippen molar-refractivity contribution in [1.29, 1.82) is 0 Å². The maximum absolute atomic E-state index is 12.1. The number of benzene rings is 1. The predicted molar refractivity (Wildman–Crippen MR) is 111 cm³/mol. The molecule has 0 spiro atoms. The molecule has 2 N–H and O–H groups in total. The number of hydrogen-bond acceptors (Lipinski definition) is 2. The van der Waals surface area contributed by atoms with Crippen molar-refractivity contribution in [3.05, 3.63) is 35.4 Å². The third-order valence-electron chi connectivity index (χ3n) is 3.99. The molecular weight excluding hydrogens is 324 g/mol. The van der Waals surface area contributed by atoms with Crippen molar-refractivity contribution in [2.75, 3.05) is 33.7 Å². The van der Waals surface area contributed by atoms with Crippen molar-refractivity contribution in [2.45, 2.75) is 47.0 Å². The molecule has 0 bridgehead atoms. The van der Waals surface area contributed by atoms with Crippen molar-refractivity contribution in [1.82, 2.24) is 15.5 Å². The minimum Gasteiger partial charge on any atom is -0.357 e. The average Bonchev–Trinajstić information content (AvgIpc) is 2.57. The fraction of sp³-hybridized carbons (Fsp3) is 0.619. The van der Waals surface area contributed by atoms with Crippen LogP contribution in [-0.2, 0) is 6.42 Å². The van der Waals surface area contributed by atoms with E-state index in [9.17, 15) is 4.79 Å². The number of aliphatic imine (C=N–C) groups is 1. The smallest absolute Gasteiger partial charge is 0.253 e. The van der Waals surface area contributed by atoms with Crippen LogP contribution in [0, 0.1) is 5.41 Å². The van der Waals surface area contributed by atoms with Crippen LogP contribution in [0.25, 0.3) is 0 Å². The summed E-state index contributed by atoms with van der Waals surface area (Å²) < 4.78 is 0. The van der Waals surface area contributed by atoms with Crippen LogP contribution in [0.3, 0.4) is 0 Å². The Morgan fingerprint density at radius 3 is 2.54 bits per heavy atom. The summed E-state index contributed by atoms with van der Waals surface area (Å²) in [6.45, 7) is 11.3. The van der Waals surface area contributed by atoms with E-state index in [1.54, 1.807) is 19.0 Å². The molecule has 0 saturated heterocycles. The van der Waals surface area contributed by atoms with Crippen LogP contribution in [0.2, 0.25) is 0 Å². The van der Waals surface area contributed by atoms with E-state index in [0.717, 1.165) is 49.6 Å². The fourth-order valence-electron chi connectivity index (χ4n) is 2.59. The van der Waals surface area contributed by atoms with E-state index in [2.05, 4.69) is 49.4 Å². The molecule has 0 aliphatic carbocycles. The number of guanidine groups is 1. The second-order valence-electron chi connectivity index (χ2n) is 8.00. The molecule has 146 valence electrons. The van der Waals surface area contributed by atoms with Crippen molar-refractivity contribution >= 4 is 11.9 Å². The molecule has 0 aromatic heterocycles. The lowest BCUT2D eigenvalue weighted by Crippen LogP contribution is -2.38. The Hall–Kier alpha value is -2.04. The SMILES string of the molecule is CCNC(=NCCCC(C)(C)C)NCCc1cccc(C(=O)N(C)C)c1. The lowest BCUT2D eigenvalue weighted by Gasteiger charge is -2.17. The maximum atomic E-state index is 12.1. The van der Waals surface area contributed by atoms with Crippen molar-refractivity contribution in [3.8, 4) is 0 Å². The average molecular weight is 361 g/mol. The van der Waals surface area contributed by atoms with Crippen molar-refractivity contribution < 1.29 is 4.79 Å². The molecule has 5 nitrogen and oxygen atoms in total. The standard InChI is InChI=1S/C21H36N4O/c1-7-22-20(23-14-9-13-21(2,3)4)24-15-12-17-10-8-11-18(16-17)19(26)25(5)6/h8,10-11,16H,7,9,12-15H2,1-6H3,(H2,22,23,24). The molecule has 1 aromatic rings. The van der Waals surface area contributed by atoms with Crippen molar-refractivity contribution in [2.24, 2.45) is 10.4 Å². The number of nitrogens with zero attached hydrogens (tertiary/aromatic N) is 2. The molecule has 0 fully saturated rings. The Kier molecular flexibility index (Phi) is 9.17. The maximum Gasteiger partial charge on any atom is 0.253 e. The van der Waals surface area contributed by atoms with Crippen LogP contribution in [-0.4, -0.2) is 50.5 Å². The van der Waals surface area contributed by atoms with E-state index in [0.29, 0.717) is 5.41 Å². The lowest BCUT2D eigenvalue weighted by molar-refractivity contribution is 0.0827. The number of amides is 1. The van der Waals surface area contributed by atoms with Crippen molar-refractivity contribution in [3.63, 3.8) is 0 Å². The zero-order chi connectivity index (χ0) is 19.6. The van der Waals surface area contributed by atoms with Gasteiger partial charge in [-0.1, -0.05) is 32.9 Å². The number of hydrogen-bond donors (Lipinski definition) is 2. The zero-order valence-corrected chi connectivity index (χ0v) is 17.4. The molecule has 0 aliphatic heterocycles. The monoisotopic (exact) mass is 360 g/mol. The third-order valence-corrected chi connectivity index (χ3v) is 3.99. The first kappa shape index (κ1) is 22.0. The molecule has 26 heavy (non-hydrogen) atoms. The van der Waals surface area contributed by atoms with E-state index in [-0.39, 0.29) is 5.91 Å². The topological polar surface area (TPSA) is 56.7 Å². The summed E-state index contributed by atoms with van der Waals surface area (Å²) in [5.74, 6) is 0.899. The van der Waals surface area contributed by atoms with Gasteiger partial charge >= 0.3 is 0 Å². The Balaban J connectivity index is 2.52. The van der Waals surface area contributed by atoms with Gasteiger partial charge in [0, 0.05) is 39.3 Å². The highest BCUT2D eigenvalue weighted by atomic mass is 16.2. The summed E-state index contributed by atoms with van der Waals surface area (Å²) in [5.41, 5.74) is 2.24. The molecule has 5 heteroatoms. The van der Waals surface area contributed by atoms with E-state index in [4.69, 9.17) is 0 Å².